The highest BCUT2D eigenvalue weighted by atomic mass is 16.1. The van der Waals surface area contributed by atoms with E-state index in [2.05, 4.69) is 36.4 Å². The third-order valence-corrected chi connectivity index (χ3v) is 3.38. The van der Waals surface area contributed by atoms with E-state index < -0.39 is 0 Å². The van der Waals surface area contributed by atoms with Crippen molar-refractivity contribution in [1.82, 2.24) is 15.5 Å². The van der Waals surface area contributed by atoms with Gasteiger partial charge in [-0.25, -0.2) is 0 Å². The summed E-state index contributed by atoms with van der Waals surface area (Å²) in [6, 6.07) is 0. The summed E-state index contributed by atoms with van der Waals surface area (Å²) in [4.78, 5) is 14.1. The fourth-order valence-electron chi connectivity index (χ4n) is 2.41. The molecule has 4 heteroatoms. The Balaban J connectivity index is 2.21. The van der Waals surface area contributed by atoms with Crippen LogP contribution in [0.5, 0.6) is 0 Å². The van der Waals surface area contributed by atoms with E-state index in [9.17, 15) is 4.79 Å². The molecule has 1 aliphatic rings. The molecule has 1 heterocycles. The van der Waals surface area contributed by atoms with Crippen molar-refractivity contribution >= 4 is 5.91 Å². The molecule has 1 amide bonds. The second-order valence-corrected chi connectivity index (χ2v) is 6.09. The van der Waals surface area contributed by atoms with E-state index >= 15 is 0 Å². The van der Waals surface area contributed by atoms with Crippen LogP contribution in [0, 0.1) is 11.3 Å². The van der Waals surface area contributed by atoms with Crippen LogP contribution in [0.3, 0.4) is 0 Å². The number of hydrogen-bond acceptors (Lipinski definition) is 3. The highest BCUT2D eigenvalue weighted by Gasteiger charge is 2.23. The zero-order valence-corrected chi connectivity index (χ0v) is 11.7. The van der Waals surface area contributed by atoms with Crippen molar-refractivity contribution in [2.45, 2.75) is 26.7 Å². The number of nitrogens with one attached hydrogen (secondary N) is 2. The minimum absolute atomic E-state index is 0.122. The Morgan fingerprint density at radius 3 is 2.65 bits per heavy atom. The number of carbonyl (C=O) groups excluding carboxylic acids is 1. The van der Waals surface area contributed by atoms with Crippen molar-refractivity contribution in [2.24, 2.45) is 11.3 Å². The van der Waals surface area contributed by atoms with Gasteiger partial charge in [-0.05, 0) is 38.4 Å². The SMILES string of the molecule is CNCC(C)(C)CNC(=O)CC1CCN(C)C1. The molecule has 17 heavy (non-hydrogen) atoms. The van der Waals surface area contributed by atoms with E-state index in [1.54, 1.807) is 0 Å². The first kappa shape index (κ1) is 14.5. The van der Waals surface area contributed by atoms with Gasteiger partial charge in [-0.2, -0.15) is 0 Å². The molecule has 0 aromatic carbocycles. The Hall–Kier alpha value is -0.610. The van der Waals surface area contributed by atoms with E-state index in [4.69, 9.17) is 0 Å². The van der Waals surface area contributed by atoms with Crippen molar-refractivity contribution in [3.63, 3.8) is 0 Å². The van der Waals surface area contributed by atoms with E-state index in [1.165, 1.54) is 0 Å². The lowest BCUT2D eigenvalue weighted by molar-refractivity contribution is -0.122. The minimum Gasteiger partial charge on any atom is -0.356 e. The van der Waals surface area contributed by atoms with Crippen LogP contribution in [0.15, 0.2) is 0 Å². The quantitative estimate of drug-likeness (QED) is 0.719. The summed E-state index contributed by atoms with van der Waals surface area (Å²) in [6.45, 7) is 8.17. The molecule has 100 valence electrons. The maximum Gasteiger partial charge on any atom is 0.220 e. The minimum atomic E-state index is 0.122. The number of rotatable bonds is 6. The molecular weight excluding hydrogens is 214 g/mol. The standard InChI is InChI=1S/C13H27N3O/c1-13(2,9-14-3)10-15-12(17)7-11-5-6-16(4)8-11/h11,14H,5-10H2,1-4H3,(H,15,17). The molecule has 2 N–H and O–H groups in total. The van der Waals surface area contributed by atoms with Gasteiger partial charge in [-0.15, -0.1) is 0 Å². The van der Waals surface area contributed by atoms with Gasteiger partial charge in [0.2, 0.25) is 5.91 Å². The maximum absolute atomic E-state index is 11.8. The average Bonchev–Trinajstić information content (AvgIpc) is 2.61. The van der Waals surface area contributed by atoms with Gasteiger partial charge in [0.15, 0.2) is 0 Å². The fourth-order valence-corrected chi connectivity index (χ4v) is 2.41. The number of nitrogens with zero attached hydrogens (tertiary/aromatic N) is 1. The molecule has 1 unspecified atom stereocenters. The second-order valence-electron chi connectivity index (χ2n) is 6.09. The van der Waals surface area contributed by atoms with Gasteiger partial charge in [-0.1, -0.05) is 13.8 Å². The van der Waals surface area contributed by atoms with E-state index in [1.807, 2.05) is 7.05 Å². The number of amides is 1. The first-order valence-corrected chi connectivity index (χ1v) is 6.53. The Kier molecular flexibility index (Phi) is 5.40. The Morgan fingerprint density at radius 2 is 2.12 bits per heavy atom. The lowest BCUT2D eigenvalue weighted by atomic mass is 9.93. The maximum atomic E-state index is 11.8. The van der Waals surface area contributed by atoms with Crippen LogP contribution in [0.4, 0.5) is 0 Å². The first-order chi connectivity index (χ1) is 7.93. The molecule has 1 fully saturated rings. The first-order valence-electron chi connectivity index (χ1n) is 6.53. The molecule has 0 aromatic heterocycles. The normalized spacial score (nSPS) is 21.8. The average molecular weight is 241 g/mol. The molecule has 1 saturated heterocycles. The lowest BCUT2D eigenvalue weighted by Gasteiger charge is -2.24. The molecule has 1 atom stereocenters. The van der Waals surface area contributed by atoms with Gasteiger partial charge in [0, 0.05) is 26.1 Å². The van der Waals surface area contributed by atoms with Crippen molar-refractivity contribution in [2.75, 3.05) is 40.3 Å². The van der Waals surface area contributed by atoms with E-state index in [0.29, 0.717) is 12.3 Å². The summed E-state index contributed by atoms with van der Waals surface area (Å²) < 4.78 is 0. The third-order valence-electron chi connectivity index (χ3n) is 3.38. The Morgan fingerprint density at radius 1 is 1.41 bits per heavy atom. The third kappa shape index (κ3) is 5.50. The van der Waals surface area contributed by atoms with Crippen LogP contribution in [0.25, 0.3) is 0 Å². The molecule has 0 spiro atoms. The fraction of sp³-hybridized carbons (Fsp3) is 0.923. The number of likely N-dealkylation sites (tertiary alicyclic amines) is 1. The second kappa shape index (κ2) is 6.36. The van der Waals surface area contributed by atoms with Crippen LogP contribution < -0.4 is 10.6 Å². The molecule has 0 aromatic rings. The topological polar surface area (TPSA) is 44.4 Å². The lowest BCUT2D eigenvalue weighted by Crippen LogP contribution is -2.40. The van der Waals surface area contributed by atoms with Gasteiger partial charge >= 0.3 is 0 Å². The molecular formula is C13H27N3O. The predicted molar refractivity (Wildman–Crippen MR) is 70.9 cm³/mol. The van der Waals surface area contributed by atoms with Crippen LogP contribution in [-0.2, 0) is 4.79 Å². The van der Waals surface area contributed by atoms with Crippen LogP contribution in [-0.4, -0.2) is 51.1 Å². The summed E-state index contributed by atoms with van der Waals surface area (Å²) in [5.74, 6) is 0.752. The molecule has 0 bridgehead atoms. The summed E-state index contributed by atoms with van der Waals surface area (Å²) in [7, 11) is 4.06. The predicted octanol–water partition coefficient (Wildman–Crippen LogP) is 0.690. The van der Waals surface area contributed by atoms with Gasteiger partial charge in [0.25, 0.3) is 0 Å². The smallest absolute Gasteiger partial charge is 0.220 e. The van der Waals surface area contributed by atoms with Crippen LogP contribution in [0.2, 0.25) is 0 Å². The Bertz CT molecular complexity index is 253. The summed E-state index contributed by atoms with van der Waals surface area (Å²) in [6.07, 6.45) is 1.84. The largest absolute Gasteiger partial charge is 0.356 e. The van der Waals surface area contributed by atoms with Gasteiger partial charge in [-0.3, -0.25) is 4.79 Å². The molecule has 0 radical (unpaired) electrons. The van der Waals surface area contributed by atoms with Crippen LogP contribution in [0.1, 0.15) is 26.7 Å². The van der Waals surface area contributed by atoms with Gasteiger partial charge in [0.05, 0.1) is 0 Å². The molecule has 1 aliphatic heterocycles. The molecule has 0 saturated carbocycles. The summed E-state index contributed by atoms with van der Waals surface area (Å²) in [5.41, 5.74) is 0.122. The van der Waals surface area contributed by atoms with Gasteiger partial charge in [0.1, 0.15) is 0 Å². The zero-order valence-electron chi connectivity index (χ0n) is 11.7. The zero-order chi connectivity index (χ0) is 12.9. The van der Waals surface area contributed by atoms with Gasteiger partial charge < -0.3 is 15.5 Å². The summed E-state index contributed by atoms with van der Waals surface area (Å²) in [5, 5.41) is 6.20. The molecule has 4 nitrogen and oxygen atoms in total. The van der Waals surface area contributed by atoms with E-state index in [-0.39, 0.29) is 11.3 Å². The van der Waals surface area contributed by atoms with Crippen molar-refractivity contribution in [3.05, 3.63) is 0 Å². The van der Waals surface area contributed by atoms with E-state index in [0.717, 1.165) is 32.6 Å². The highest BCUT2D eigenvalue weighted by Crippen LogP contribution is 2.18. The van der Waals surface area contributed by atoms with Crippen molar-refractivity contribution in [1.29, 1.82) is 0 Å². The van der Waals surface area contributed by atoms with Crippen molar-refractivity contribution < 1.29 is 4.79 Å². The van der Waals surface area contributed by atoms with Crippen molar-refractivity contribution in [3.8, 4) is 0 Å². The molecule has 1 rings (SSSR count). The Labute approximate surface area is 105 Å². The molecule has 0 aliphatic carbocycles. The number of carbonyl (C=O) groups is 1. The highest BCUT2D eigenvalue weighted by molar-refractivity contribution is 5.76. The monoisotopic (exact) mass is 241 g/mol. The number of hydrogen-bond donors (Lipinski definition) is 2. The summed E-state index contributed by atoms with van der Waals surface area (Å²) >= 11 is 0. The van der Waals surface area contributed by atoms with Crippen LogP contribution >= 0.6 is 0 Å².